The topological polar surface area (TPSA) is 38.3 Å². The molecule has 0 aliphatic rings. The number of ether oxygens (including phenoxy) is 1. The second kappa shape index (κ2) is 8.51. The lowest BCUT2D eigenvalue weighted by Gasteiger charge is -2.18. The van der Waals surface area contributed by atoms with Crippen LogP contribution in [-0.2, 0) is 9.53 Å². The summed E-state index contributed by atoms with van der Waals surface area (Å²) in [6.45, 7) is 2.44. The van der Waals surface area contributed by atoms with Crippen LogP contribution in [0.2, 0.25) is 5.02 Å². The average Bonchev–Trinajstić information content (AvgIpc) is 2.56. The maximum atomic E-state index is 12.0. The lowest BCUT2D eigenvalue weighted by molar-refractivity contribution is -0.117. The van der Waals surface area contributed by atoms with Gasteiger partial charge in [-0.25, -0.2) is 0 Å². The largest absolute Gasteiger partial charge is 0.375 e. The number of nitrogens with one attached hydrogen (secondary N) is 1. The summed E-state index contributed by atoms with van der Waals surface area (Å²) in [6, 6.07) is 15.4. The first kappa shape index (κ1) is 17.3. The Labute approximate surface area is 141 Å². The molecule has 0 saturated heterocycles. The van der Waals surface area contributed by atoms with Crippen molar-refractivity contribution in [3.05, 3.63) is 76.3 Å². The average molecular weight is 330 g/mol. The van der Waals surface area contributed by atoms with E-state index in [2.05, 4.69) is 5.32 Å². The van der Waals surface area contributed by atoms with E-state index in [0.717, 1.165) is 16.7 Å². The SMILES string of the molecule is COC(CNC(=O)/C=C/c1ccccc1Cl)c1ccccc1C. The van der Waals surface area contributed by atoms with Gasteiger partial charge in [0.15, 0.2) is 0 Å². The fourth-order valence-corrected chi connectivity index (χ4v) is 2.49. The van der Waals surface area contributed by atoms with Gasteiger partial charge in [0.2, 0.25) is 5.91 Å². The minimum Gasteiger partial charge on any atom is -0.375 e. The van der Waals surface area contributed by atoms with E-state index in [-0.39, 0.29) is 12.0 Å². The number of methoxy groups -OCH3 is 1. The molecule has 1 N–H and O–H groups in total. The van der Waals surface area contributed by atoms with Crippen LogP contribution in [0.25, 0.3) is 6.08 Å². The van der Waals surface area contributed by atoms with E-state index in [9.17, 15) is 4.79 Å². The summed E-state index contributed by atoms with van der Waals surface area (Å²) in [6.07, 6.45) is 3.01. The van der Waals surface area contributed by atoms with Crippen molar-refractivity contribution in [2.45, 2.75) is 13.0 Å². The molecule has 0 bridgehead atoms. The van der Waals surface area contributed by atoms with Gasteiger partial charge >= 0.3 is 0 Å². The van der Waals surface area contributed by atoms with Crippen molar-refractivity contribution in [3.8, 4) is 0 Å². The van der Waals surface area contributed by atoms with Crippen molar-refractivity contribution in [2.24, 2.45) is 0 Å². The summed E-state index contributed by atoms with van der Waals surface area (Å²) in [5.41, 5.74) is 3.03. The highest BCUT2D eigenvalue weighted by molar-refractivity contribution is 6.32. The quantitative estimate of drug-likeness (QED) is 0.808. The number of halogens is 1. The van der Waals surface area contributed by atoms with Gasteiger partial charge in [-0.2, -0.15) is 0 Å². The summed E-state index contributed by atoms with van der Waals surface area (Å²) in [4.78, 5) is 12.0. The highest BCUT2D eigenvalue weighted by Gasteiger charge is 2.13. The normalized spacial score (nSPS) is 12.3. The van der Waals surface area contributed by atoms with Crippen LogP contribution >= 0.6 is 11.6 Å². The highest BCUT2D eigenvalue weighted by Crippen LogP contribution is 2.19. The number of carbonyl (C=O) groups excluding carboxylic acids is 1. The molecule has 2 aromatic carbocycles. The van der Waals surface area contributed by atoms with Gasteiger partial charge in [-0.05, 0) is 35.8 Å². The summed E-state index contributed by atoms with van der Waals surface area (Å²) in [7, 11) is 1.64. The molecule has 4 heteroatoms. The van der Waals surface area contributed by atoms with Crippen LogP contribution in [0.4, 0.5) is 0 Å². The maximum Gasteiger partial charge on any atom is 0.244 e. The number of benzene rings is 2. The molecular formula is C19H20ClNO2. The number of hydrogen-bond acceptors (Lipinski definition) is 2. The first-order valence-electron chi connectivity index (χ1n) is 7.40. The summed E-state index contributed by atoms with van der Waals surface area (Å²) < 4.78 is 5.49. The molecule has 3 nitrogen and oxygen atoms in total. The van der Waals surface area contributed by atoms with Gasteiger partial charge in [-0.1, -0.05) is 54.1 Å². The van der Waals surface area contributed by atoms with E-state index in [1.54, 1.807) is 19.3 Å². The minimum atomic E-state index is -0.180. The predicted molar refractivity (Wildman–Crippen MR) is 94.4 cm³/mol. The molecule has 23 heavy (non-hydrogen) atoms. The number of aryl methyl sites for hydroxylation is 1. The van der Waals surface area contributed by atoms with Crippen LogP contribution in [0.15, 0.2) is 54.6 Å². The molecule has 0 spiro atoms. The third-order valence-electron chi connectivity index (χ3n) is 3.60. The van der Waals surface area contributed by atoms with Crippen LogP contribution in [0, 0.1) is 6.92 Å². The Hall–Kier alpha value is -2.10. The molecule has 0 heterocycles. The Morgan fingerprint density at radius 1 is 1.22 bits per heavy atom. The molecule has 0 aliphatic heterocycles. The molecule has 0 aliphatic carbocycles. The number of rotatable bonds is 6. The van der Waals surface area contributed by atoms with E-state index in [1.165, 1.54) is 6.08 Å². The summed E-state index contributed by atoms with van der Waals surface area (Å²) in [5.74, 6) is -0.180. The van der Waals surface area contributed by atoms with Crippen LogP contribution in [0.1, 0.15) is 22.8 Å². The smallest absolute Gasteiger partial charge is 0.244 e. The van der Waals surface area contributed by atoms with Crippen molar-refractivity contribution in [1.29, 1.82) is 0 Å². The summed E-state index contributed by atoms with van der Waals surface area (Å²) >= 11 is 6.05. The molecule has 1 amide bonds. The molecular weight excluding hydrogens is 310 g/mol. The van der Waals surface area contributed by atoms with Crippen molar-refractivity contribution in [2.75, 3.05) is 13.7 Å². The molecule has 1 atom stereocenters. The van der Waals surface area contributed by atoms with Gasteiger partial charge in [-0.15, -0.1) is 0 Å². The van der Waals surface area contributed by atoms with Crippen LogP contribution in [0.5, 0.6) is 0 Å². The lowest BCUT2D eigenvalue weighted by Crippen LogP contribution is -2.27. The number of hydrogen-bond donors (Lipinski definition) is 1. The van der Waals surface area contributed by atoms with E-state index in [0.29, 0.717) is 11.6 Å². The zero-order valence-corrected chi connectivity index (χ0v) is 14.0. The molecule has 120 valence electrons. The molecule has 0 aromatic heterocycles. The fourth-order valence-electron chi connectivity index (χ4n) is 2.30. The van der Waals surface area contributed by atoms with Gasteiger partial charge in [0, 0.05) is 24.8 Å². The van der Waals surface area contributed by atoms with Crippen molar-refractivity contribution in [3.63, 3.8) is 0 Å². The first-order chi connectivity index (χ1) is 11.1. The molecule has 0 saturated carbocycles. The van der Waals surface area contributed by atoms with Gasteiger partial charge in [0.05, 0.1) is 6.10 Å². The van der Waals surface area contributed by atoms with Gasteiger partial charge in [-0.3, -0.25) is 4.79 Å². The first-order valence-corrected chi connectivity index (χ1v) is 7.78. The minimum absolute atomic E-state index is 0.172. The fraction of sp³-hybridized carbons (Fsp3) is 0.211. The van der Waals surface area contributed by atoms with Gasteiger partial charge in [0.1, 0.15) is 0 Å². The number of amides is 1. The Balaban J connectivity index is 1.95. The maximum absolute atomic E-state index is 12.0. The van der Waals surface area contributed by atoms with Crippen molar-refractivity contribution < 1.29 is 9.53 Å². The van der Waals surface area contributed by atoms with Crippen LogP contribution in [0.3, 0.4) is 0 Å². The Bertz CT molecular complexity index is 697. The Kier molecular flexibility index (Phi) is 6.39. The second-order valence-electron chi connectivity index (χ2n) is 5.18. The molecule has 2 rings (SSSR count). The highest BCUT2D eigenvalue weighted by atomic mass is 35.5. The molecule has 0 fully saturated rings. The van der Waals surface area contributed by atoms with Gasteiger partial charge < -0.3 is 10.1 Å². The zero-order valence-electron chi connectivity index (χ0n) is 13.3. The zero-order chi connectivity index (χ0) is 16.7. The summed E-state index contributed by atoms with van der Waals surface area (Å²) in [5, 5.41) is 3.47. The predicted octanol–water partition coefficient (Wildman–Crippen LogP) is 4.17. The molecule has 0 radical (unpaired) electrons. The van der Waals surface area contributed by atoms with Crippen molar-refractivity contribution >= 4 is 23.6 Å². The molecule has 2 aromatic rings. The van der Waals surface area contributed by atoms with E-state index < -0.39 is 0 Å². The standard InChI is InChI=1S/C19H20ClNO2/c1-14-7-3-5-9-16(14)18(23-2)13-21-19(22)12-11-15-8-4-6-10-17(15)20/h3-12,18H,13H2,1-2H3,(H,21,22)/b12-11+. The Morgan fingerprint density at radius 3 is 2.61 bits per heavy atom. The second-order valence-corrected chi connectivity index (χ2v) is 5.59. The van der Waals surface area contributed by atoms with Crippen LogP contribution < -0.4 is 5.32 Å². The number of carbonyl (C=O) groups is 1. The monoisotopic (exact) mass is 329 g/mol. The van der Waals surface area contributed by atoms with Gasteiger partial charge in [0.25, 0.3) is 0 Å². The lowest BCUT2D eigenvalue weighted by atomic mass is 10.0. The van der Waals surface area contributed by atoms with Crippen LogP contribution in [-0.4, -0.2) is 19.6 Å². The van der Waals surface area contributed by atoms with E-state index >= 15 is 0 Å². The molecule has 1 unspecified atom stereocenters. The third kappa shape index (κ3) is 4.95. The van der Waals surface area contributed by atoms with E-state index in [4.69, 9.17) is 16.3 Å². The van der Waals surface area contributed by atoms with E-state index in [1.807, 2.05) is 49.4 Å². The van der Waals surface area contributed by atoms with Crippen molar-refractivity contribution in [1.82, 2.24) is 5.32 Å². The third-order valence-corrected chi connectivity index (χ3v) is 3.95. The Morgan fingerprint density at radius 2 is 1.91 bits per heavy atom.